The van der Waals surface area contributed by atoms with E-state index < -0.39 is 10.0 Å². The zero-order valence-electron chi connectivity index (χ0n) is 14.5. The van der Waals surface area contributed by atoms with Gasteiger partial charge in [-0.3, -0.25) is 0 Å². The first-order valence-corrected chi connectivity index (χ1v) is 10.2. The summed E-state index contributed by atoms with van der Waals surface area (Å²) in [5.74, 6) is 1.35. The van der Waals surface area contributed by atoms with E-state index in [1.165, 1.54) is 19.3 Å². The number of aryl methyl sites for hydroxylation is 1. The van der Waals surface area contributed by atoms with E-state index in [9.17, 15) is 8.42 Å². The van der Waals surface area contributed by atoms with Gasteiger partial charge in [-0.25, -0.2) is 23.1 Å². The molecule has 1 aromatic heterocycles. The Hall–Kier alpha value is -1.99. The van der Waals surface area contributed by atoms with Crippen LogP contribution in [0.15, 0.2) is 41.4 Å². The molecular weight excluding hydrogens is 336 g/mol. The number of hydrogen-bond acceptors (Lipinski definition) is 5. The number of nitrogens with one attached hydrogen (secondary N) is 1. The Balaban J connectivity index is 1.67. The van der Waals surface area contributed by atoms with Crippen molar-refractivity contribution in [1.29, 1.82) is 0 Å². The maximum absolute atomic E-state index is 12.4. The molecule has 1 fully saturated rings. The quantitative estimate of drug-likeness (QED) is 0.857. The monoisotopic (exact) mass is 360 g/mol. The zero-order chi connectivity index (χ0) is 17.7. The van der Waals surface area contributed by atoms with Gasteiger partial charge >= 0.3 is 0 Å². The van der Waals surface area contributed by atoms with Gasteiger partial charge < -0.3 is 4.90 Å². The van der Waals surface area contributed by atoms with Gasteiger partial charge in [-0.1, -0.05) is 19.1 Å². The zero-order valence-corrected chi connectivity index (χ0v) is 15.3. The molecule has 2 aromatic rings. The minimum absolute atomic E-state index is 0.0829. The number of sulfonamides is 1. The Morgan fingerprint density at radius 2 is 1.80 bits per heavy atom. The molecule has 7 heteroatoms. The summed E-state index contributed by atoms with van der Waals surface area (Å²) < 4.78 is 27.4. The van der Waals surface area contributed by atoms with Crippen molar-refractivity contribution >= 4 is 15.8 Å². The van der Waals surface area contributed by atoms with E-state index in [1.807, 2.05) is 25.1 Å². The van der Waals surface area contributed by atoms with Crippen molar-refractivity contribution in [1.82, 2.24) is 14.7 Å². The summed E-state index contributed by atoms with van der Waals surface area (Å²) in [6.07, 6.45) is 6.16. The highest BCUT2D eigenvalue weighted by Crippen LogP contribution is 2.17. The number of hydrogen-bond donors (Lipinski definition) is 1. The standard InChI is InChI=1S/C18H24N4O2S/c1-2-15-6-8-16(9-7-15)25(23,24)20-14-17-19-11-10-18(21-17)22-12-4-3-5-13-22/h6-11,20H,2-5,12-14H2,1H3. The van der Waals surface area contributed by atoms with Gasteiger partial charge in [0.15, 0.2) is 0 Å². The molecular formula is C18H24N4O2S. The first kappa shape index (κ1) is 17.8. The third-order valence-electron chi connectivity index (χ3n) is 4.43. The van der Waals surface area contributed by atoms with Gasteiger partial charge in [0.25, 0.3) is 0 Å². The number of nitrogens with zero attached hydrogens (tertiary/aromatic N) is 3. The van der Waals surface area contributed by atoms with Gasteiger partial charge in [-0.15, -0.1) is 0 Å². The Labute approximate surface area is 149 Å². The van der Waals surface area contributed by atoms with Crippen LogP contribution in [0.2, 0.25) is 0 Å². The van der Waals surface area contributed by atoms with E-state index in [0.717, 1.165) is 30.9 Å². The molecule has 0 aliphatic carbocycles. The van der Waals surface area contributed by atoms with E-state index in [1.54, 1.807) is 18.3 Å². The Morgan fingerprint density at radius 3 is 2.48 bits per heavy atom. The molecule has 0 bridgehead atoms. The molecule has 0 unspecified atom stereocenters. The van der Waals surface area contributed by atoms with Crippen molar-refractivity contribution < 1.29 is 8.42 Å². The second-order valence-corrected chi connectivity index (χ2v) is 7.97. The highest BCUT2D eigenvalue weighted by molar-refractivity contribution is 7.89. The molecule has 0 saturated carbocycles. The summed E-state index contributed by atoms with van der Waals surface area (Å²) >= 11 is 0. The Morgan fingerprint density at radius 1 is 1.08 bits per heavy atom. The minimum atomic E-state index is -3.56. The smallest absolute Gasteiger partial charge is 0.240 e. The summed E-state index contributed by atoms with van der Waals surface area (Å²) in [6.45, 7) is 4.10. The second kappa shape index (κ2) is 7.93. The molecule has 6 nitrogen and oxygen atoms in total. The Kier molecular flexibility index (Phi) is 5.65. The van der Waals surface area contributed by atoms with Crippen LogP contribution < -0.4 is 9.62 Å². The SMILES string of the molecule is CCc1ccc(S(=O)(=O)NCc2nccc(N3CCCCC3)n2)cc1. The fourth-order valence-corrected chi connectivity index (χ4v) is 3.90. The largest absolute Gasteiger partial charge is 0.357 e. The van der Waals surface area contributed by atoms with E-state index >= 15 is 0 Å². The van der Waals surface area contributed by atoms with Gasteiger partial charge in [0, 0.05) is 19.3 Å². The number of rotatable bonds is 6. The maximum Gasteiger partial charge on any atom is 0.240 e. The average Bonchev–Trinajstić information content (AvgIpc) is 2.67. The van der Waals surface area contributed by atoms with E-state index in [4.69, 9.17) is 0 Å². The number of anilines is 1. The fourth-order valence-electron chi connectivity index (χ4n) is 2.92. The van der Waals surface area contributed by atoms with Crippen LogP contribution >= 0.6 is 0 Å². The van der Waals surface area contributed by atoms with Crippen molar-refractivity contribution in [2.45, 2.75) is 44.0 Å². The van der Waals surface area contributed by atoms with Gasteiger partial charge in [-0.05, 0) is 49.4 Å². The summed E-state index contributed by atoms with van der Waals surface area (Å²) in [7, 11) is -3.56. The minimum Gasteiger partial charge on any atom is -0.357 e. The molecule has 0 spiro atoms. The average molecular weight is 360 g/mol. The number of piperidine rings is 1. The molecule has 134 valence electrons. The van der Waals surface area contributed by atoms with Crippen LogP contribution in [-0.2, 0) is 23.0 Å². The van der Waals surface area contributed by atoms with Crippen LogP contribution in [0.4, 0.5) is 5.82 Å². The van der Waals surface area contributed by atoms with Gasteiger partial charge in [0.1, 0.15) is 11.6 Å². The van der Waals surface area contributed by atoms with E-state index in [2.05, 4.69) is 19.6 Å². The predicted molar refractivity (Wildman–Crippen MR) is 97.9 cm³/mol. The number of aromatic nitrogens is 2. The van der Waals surface area contributed by atoms with Crippen molar-refractivity contribution in [2.24, 2.45) is 0 Å². The summed E-state index contributed by atoms with van der Waals surface area (Å²) in [5.41, 5.74) is 1.11. The van der Waals surface area contributed by atoms with Crippen LogP contribution in [0.5, 0.6) is 0 Å². The lowest BCUT2D eigenvalue weighted by Gasteiger charge is -2.27. The van der Waals surface area contributed by atoms with Crippen molar-refractivity contribution in [3.63, 3.8) is 0 Å². The topological polar surface area (TPSA) is 75.2 Å². The molecule has 2 heterocycles. The molecule has 1 aromatic carbocycles. The van der Waals surface area contributed by atoms with Crippen LogP contribution in [0.3, 0.4) is 0 Å². The van der Waals surface area contributed by atoms with Crippen molar-refractivity contribution in [2.75, 3.05) is 18.0 Å². The molecule has 1 aliphatic rings. The highest BCUT2D eigenvalue weighted by Gasteiger charge is 2.16. The molecule has 0 amide bonds. The first-order valence-electron chi connectivity index (χ1n) is 8.74. The first-order chi connectivity index (χ1) is 12.1. The normalized spacial score (nSPS) is 15.3. The van der Waals surface area contributed by atoms with Crippen LogP contribution in [0.1, 0.15) is 37.6 Å². The van der Waals surface area contributed by atoms with Crippen molar-refractivity contribution in [3.8, 4) is 0 Å². The van der Waals surface area contributed by atoms with Gasteiger partial charge in [-0.2, -0.15) is 0 Å². The molecule has 1 aliphatic heterocycles. The van der Waals surface area contributed by atoms with Gasteiger partial charge in [0.2, 0.25) is 10.0 Å². The van der Waals surface area contributed by atoms with Crippen LogP contribution in [-0.4, -0.2) is 31.5 Å². The molecule has 0 radical (unpaired) electrons. The molecule has 25 heavy (non-hydrogen) atoms. The maximum atomic E-state index is 12.4. The van der Waals surface area contributed by atoms with Crippen LogP contribution in [0, 0.1) is 0 Å². The summed E-state index contributed by atoms with van der Waals surface area (Å²) in [6, 6.07) is 8.81. The lowest BCUT2D eigenvalue weighted by Crippen LogP contribution is -2.31. The molecule has 1 saturated heterocycles. The predicted octanol–water partition coefficient (Wildman–Crippen LogP) is 2.51. The van der Waals surface area contributed by atoms with Gasteiger partial charge in [0.05, 0.1) is 11.4 Å². The second-order valence-electron chi connectivity index (χ2n) is 6.20. The third kappa shape index (κ3) is 4.55. The van der Waals surface area contributed by atoms with E-state index in [0.29, 0.717) is 5.82 Å². The molecule has 0 atom stereocenters. The lowest BCUT2D eigenvalue weighted by atomic mass is 10.1. The summed E-state index contributed by atoms with van der Waals surface area (Å²) in [4.78, 5) is 11.2. The summed E-state index contributed by atoms with van der Waals surface area (Å²) in [5, 5.41) is 0. The third-order valence-corrected chi connectivity index (χ3v) is 5.85. The lowest BCUT2D eigenvalue weighted by molar-refractivity contribution is 0.569. The molecule has 3 rings (SSSR count). The highest BCUT2D eigenvalue weighted by atomic mass is 32.2. The van der Waals surface area contributed by atoms with E-state index in [-0.39, 0.29) is 11.4 Å². The van der Waals surface area contributed by atoms with Crippen LogP contribution in [0.25, 0.3) is 0 Å². The Bertz CT molecular complexity index is 800. The number of benzene rings is 1. The fraction of sp³-hybridized carbons (Fsp3) is 0.444. The van der Waals surface area contributed by atoms with Crippen molar-refractivity contribution in [3.05, 3.63) is 47.9 Å². The molecule has 1 N–H and O–H groups in total.